The molecule has 0 atom stereocenters. The molecule has 90 valence electrons. The van der Waals surface area contributed by atoms with Gasteiger partial charge in [0, 0.05) is 10.9 Å². The van der Waals surface area contributed by atoms with E-state index in [-0.39, 0.29) is 0 Å². The van der Waals surface area contributed by atoms with Gasteiger partial charge in [-0.15, -0.1) is 0 Å². The van der Waals surface area contributed by atoms with E-state index in [1.54, 1.807) is 0 Å². The number of H-pyrrole nitrogens is 1. The zero-order valence-electron chi connectivity index (χ0n) is 9.83. The number of rotatable bonds is 3. The molecule has 0 saturated carbocycles. The second-order valence-corrected chi connectivity index (χ2v) is 5.32. The zero-order chi connectivity index (χ0) is 12.4. The predicted molar refractivity (Wildman–Crippen MR) is 75.2 cm³/mol. The summed E-state index contributed by atoms with van der Waals surface area (Å²) in [5.74, 6) is 0.981. The highest BCUT2D eigenvalue weighted by molar-refractivity contribution is 9.10. The van der Waals surface area contributed by atoms with Crippen molar-refractivity contribution in [2.45, 2.75) is 26.7 Å². The Morgan fingerprint density at radius 2 is 2.18 bits per heavy atom. The molecule has 0 amide bonds. The van der Waals surface area contributed by atoms with Gasteiger partial charge in [0.2, 0.25) is 0 Å². The molecular formula is C12H14BrN3S. The van der Waals surface area contributed by atoms with Crippen molar-refractivity contribution in [3.8, 4) is 5.69 Å². The molecule has 0 spiro atoms. The summed E-state index contributed by atoms with van der Waals surface area (Å²) in [5, 5.41) is 7.13. The van der Waals surface area contributed by atoms with Crippen LogP contribution in [0.15, 0.2) is 22.7 Å². The molecule has 0 saturated heterocycles. The number of benzene rings is 1. The number of aryl methyl sites for hydroxylation is 2. The van der Waals surface area contributed by atoms with Gasteiger partial charge in [-0.25, -0.2) is 0 Å². The number of nitrogens with zero attached hydrogens (tertiary/aromatic N) is 2. The van der Waals surface area contributed by atoms with Crippen LogP contribution in [0.1, 0.15) is 24.7 Å². The van der Waals surface area contributed by atoms with E-state index in [1.807, 2.05) is 4.57 Å². The molecule has 0 unspecified atom stereocenters. The first-order valence-electron chi connectivity index (χ1n) is 5.55. The monoisotopic (exact) mass is 311 g/mol. The highest BCUT2D eigenvalue weighted by atomic mass is 79.9. The van der Waals surface area contributed by atoms with Gasteiger partial charge in [-0.2, -0.15) is 5.10 Å². The molecule has 2 aromatic rings. The highest BCUT2D eigenvalue weighted by Crippen LogP contribution is 2.20. The van der Waals surface area contributed by atoms with Crippen LogP contribution < -0.4 is 0 Å². The fourth-order valence-electron chi connectivity index (χ4n) is 1.83. The summed E-state index contributed by atoms with van der Waals surface area (Å²) >= 11 is 8.79. The Morgan fingerprint density at radius 1 is 1.41 bits per heavy atom. The first kappa shape index (κ1) is 12.5. The Labute approximate surface area is 114 Å². The van der Waals surface area contributed by atoms with E-state index in [0.717, 1.165) is 28.8 Å². The number of aromatic nitrogens is 3. The van der Waals surface area contributed by atoms with Crippen molar-refractivity contribution < 1.29 is 0 Å². The maximum Gasteiger partial charge on any atom is 0.199 e. The fraction of sp³-hybridized carbons (Fsp3) is 0.333. The third-order valence-corrected chi connectivity index (χ3v) is 3.23. The lowest BCUT2D eigenvalue weighted by molar-refractivity contribution is 0.801. The van der Waals surface area contributed by atoms with Gasteiger partial charge in [0.15, 0.2) is 4.77 Å². The molecule has 3 nitrogen and oxygen atoms in total. The molecule has 0 fully saturated rings. The molecule has 0 aliphatic rings. The summed E-state index contributed by atoms with van der Waals surface area (Å²) in [5.41, 5.74) is 2.25. The van der Waals surface area contributed by atoms with Crippen LogP contribution in [0.4, 0.5) is 0 Å². The van der Waals surface area contributed by atoms with Crippen molar-refractivity contribution in [3.63, 3.8) is 0 Å². The molecule has 0 aliphatic heterocycles. The zero-order valence-corrected chi connectivity index (χ0v) is 12.2. The predicted octanol–water partition coefficient (Wildman–Crippen LogP) is 3.95. The number of halogens is 1. The maximum atomic E-state index is 5.29. The summed E-state index contributed by atoms with van der Waals surface area (Å²) in [6.07, 6.45) is 1.96. The second kappa shape index (κ2) is 5.14. The van der Waals surface area contributed by atoms with Gasteiger partial charge < -0.3 is 0 Å². The second-order valence-electron chi connectivity index (χ2n) is 4.02. The van der Waals surface area contributed by atoms with E-state index < -0.39 is 0 Å². The average Bonchev–Trinajstić information content (AvgIpc) is 2.59. The Kier molecular flexibility index (Phi) is 3.79. The number of hydrogen-bond donors (Lipinski definition) is 1. The number of hydrogen-bond acceptors (Lipinski definition) is 2. The average molecular weight is 312 g/mol. The van der Waals surface area contributed by atoms with E-state index in [2.05, 4.69) is 58.2 Å². The van der Waals surface area contributed by atoms with Gasteiger partial charge in [0.05, 0.1) is 5.69 Å². The highest BCUT2D eigenvalue weighted by Gasteiger charge is 2.08. The Hall–Kier alpha value is -0.940. The summed E-state index contributed by atoms with van der Waals surface area (Å²) in [6, 6.07) is 6.24. The first-order chi connectivity index (χ1) is 8.11. The molecule has 1 heterocycles. The lowest BCUT2D eigenvalue weighted by Crippen LogP contribution is -2.01. The molecule has 17 heavy (non-hydrogen) atoms. The smallest absolute Gasteiger partial charge is 0.199 e. The van der Waals surface area contributed by atoms with Crippen molar-refractivity contribution in [2.75, 3.05) is 0 Å². The Morgan fingerprint density at radius 3 is 2.82 bits per heavy atom. The number of nitrogens with one attached hydrogen (secondary N) is 1. The lowest BCUT2D eigenvalue weighted by atomic mass is 10.2. The minimum Gasteiger partial charge on any atom is -0.272 e. The Balaban J connectivity index is 2.59. The SMILES string of the molecule is CCCc1n[nH]c(=S)n1-c1cc(C)cc(Br)c1. The largest absolute Gasteiger partial charge is 0.272 e. The van der Waals surface area contributed by atoms with E-state index in [0.29, 0.717) is 4.77 Å². The van der Waals surface area contributed by atoms with Crippen LogP contribution in [0, 0.1) is 11.7 Å². The standard InChI is InChI=1S/C12H14BrN3S/c1-3-4-11-14-15-12(17)16(11)10-6-8(2)5-9(13)7-10/h5-7H,3-4H2,1-2H3,(H,15,17). The molecular weight excluding hydrogens is 298 g/mol. The molecule has 2 rings (SSSR count). The molecule has 0 bridgehead atoms. The molecule has 0 aliphatic carbocycles. The van der Waals surface area contributed by atoms with Gasteiger partial charge in [-0.1, -0.05) is 22.9 Å². The quantitative estimate of drug-likeness (QED) is 0.871. The summed E-state index contributed by atoms with van der Waals surface area (Å²) in [7, 11) is 0. The maximum absolute atomic E-state index is 5.29. The van der Waals surface area contributed by atoms with Crippen LogP contribution in [0.3, 0.4) is 0 Å². The van der Waals surface area contributed by atoms with E-state index in [4.69, 9.17) is 12.2 Å². The molecule has 1 N–H and O–H groups in total. The van der Waals surface area contributed by atoms with E-state index >= 15 is 0 Å². The summed E-state index contributed by atoms with van der Waals surface area (Å²) in [4.78, 5) is 0. The van der Waals surface area contributed by atoms with Gasteiger partial charge in [0.25, 0.3) is 0 Å². The van der Waals surface area contributed by atoms with Gasteiger partial charge in [-0.05, 0) is 49.3 Å². The van der Waals surface area contributed by atoms with Crippen LogP contribution in [0.25, 0.3) is 5.69 Å². The normalized spacial score (nSPS) is 10.8. The Bertz CT molecular complexity index is 565. The number of aromatic amines is 1. The van der Waals surface area contributed by atoms with Crippen molar-refractivity contribution in [2.24, 2.45) is 0 Å². The van der Waals surface area contributed by atoms with E-state index in [1.165, 1.54) is 5.56 Å². The van der Waals surface area contributed by atoms with Gasteiger partial charge in [0.1, 0.15) is 5.82 Å². The van der Waals surface area contributed by atoms with Crippen LogP contribution >= 0.6 is 28.1 Å². The molecule has 5 heteroatoms. The van der Waals surface area contributed by atoms with Crippen molar-refractivity contribution in [3.05, 3.63) is 38.8 Å². The minimum atomic E-state index is 0.644. The summed E-state index contributed by atoms with van der Waals surface area (Å²) < 4.78 is 3.69. The van der Waals surface area contributed by atoms with Crippen LogP contribution in [-0.4, -0.2) is 14.8 Å². The van der Waals surface area contributed by atoms with Crippen LogP contribution in [0.2, 0.25) is 0 Å². The molecule has 1 aromatic heterocycles. The topological polar surface area (TPSA) is 33.6 Å². The van der Waals surface area contributed by atoms with Crippen molar-refractivity contribution >= 4 is 28.1 Å². The van der Waals surface area contributed by atoms with Crippen molar-refractivity contribution in [1.82, 2.24) is 14.8 Å². The van der Waals surface area contributed by atoms with Crippen molar-refractivity contribution in [1.29, 1.82) is 0 Å². The van der Waals surface area contributed by atoms with Gasteiger partial charge in [-0.3, -0.25) is 9.67 Å². The van der Waals surface area contributed by atoms with E-state index in [9.17, 15) is 0 Å². The first-order valence-corrected chi connectivity index (χ1v) is 6.76. The summed E-state index contributed by atoms with van der Waals surface area (Å²) in [6.45, 7) is 4.20. The molecule has 0 radical (unpaired) electrons. The third kappa shape index (κ3) is 2.66. The molecule has 1 aromatic carbocycles. The van der Waals surface area contributed by atoms with Gasteiger partial charge >= 0.3 is 0 Å². The fourth-order valence-corrected chi connectivity index (χ4v) is 2.69. The third-order valence-electron chi connectivity index (χ3n) is 2.50. The minimum absolute atomic E-state index is 0.644. The van der Waals surface area contributed by atoms with Crippen LogP contribution in [0.5, 0.6) is 0 Å². The lowest BCUT2D eigenvalue weighted by Gasteiger charge is -2.07. The van der Waals surface area contributed by atoms with Crippen LogP contribution in [-0.2, 0) is 6.42 Å².